The summed E-state index contributed by atoms with van der Waals surface area (Å²) in [7, 11) is 0. The topological polar surface area (TPSA) is 93.5 Å². The maximum atomic E-state index is 12.9. The van der Waals surface area contributed by atoms with E-state index in [9.17, 15) is 14.7 Å². The lowest BCUT2D eigenvalue weighted by molar-refractivity contribution is -0.115. The fraction of sp³-hybridized carbons (Fsp3) is 0.179. The van der Waals surface area contributed by atoms with Crippen molar-refractivity contribution < 1.29 is 19.4 Å². The third kappa shape index (κ3) is 4.35. The number of aryl methyl sites for hydroxylation is 2. The molecule has 1 aromatic heterocycles. The zero-order valence-corrected chi connectivity index (χ0v) is 20.9. The van der Waals surface area contributed by atoms with E-state index in [0.717, 1.165) is 28.1 Å². The molecule has 0 saturated carbocycles. The molecular formula is C28H25N3O4S. The van der Waals surface area contributed by atoms with Gasteiger partial charge < -0.3 is 15.2 Å². The van der Waals surface area contributed by atoms with Gasteiger partial charge >= 0.3 is 5.97 Å². The van der Waals surface area contributed by atoms with Crippen LogP contribution in [-0.2, 0) is 4.79 Å². The molecule has 2 N–H and O–H groups in total. The van der Waals surface area contributed by atoms with Crippen LogP contribution in [0.5, 0.6) is 11.5 Å². The molecule has 2 heterocycles. The van der Waals surface area contributed by atoms with Gasteiger partial charge in [-0.15, -0.1) is 11.8 Å². The quantitative estimate of drug-likeness (QED) is 0.342. The van der Waals surface area contributed by atoms with Crippen LogP contribution < -0.4 is 10.1 Å². The third-order valence-corrected chi connectivity index (χ3v) is 7.59. The number of amides is 1. The summed E-state index contributed by atoms with van der Waals surface area (Å²) < 4.78 is 7.70. The molecule has 1 aliphatic heterocycles. The molecule has 0 spiro atoms. The lowest BCUT2D eigenvalue weighted by Gasteiger charge is -2.18. The van der Waals surface area contributed by atoms with E-state index in [4.69, 9.17) is 9.84 Å². The summed E-state index contributed by atoms with van der Waals surface area (Å²) in [5.41, 5.74) is 4.88. The summed E-state index contributed by atoms with van der Waals surface area (Å²) in [6.07, 6.45) is 0. The first kappa shape index (κ1) is 23.7. The Hall–Kier alpha value is -4.04. The van der Waals surface area contributed by atoms with Crippen molar-refractivity contribution in [2.24, 2.45) is 0 Å². The van der Waals surface area contributed by atoms with E-state index in [-0.39, 0.29) is 27.7 Å². The van der Waals surface area contributed by atoms with Gasteiger partial charge in [-0.2, -0.15) is 5.10 Å². The maximum Gasteiger partial charge on any atom is 0.339 e. The van der Waals surface area contributed by atoms with Crippen molar-refractivity contribution >= 4 is 29.5 Å². The number of anilines is 1. The number of aromatic nitrogens is 2. The number of hydrogen-bond donors (Lipinski definition) is 2. The molecule has 2 atom stereocenters. The SMILES string of the molecule is Cc1ccccc1-n1nc(C)c2c1NC(=O)[C@H](C)S[C@@H]2c1ccc(Oc2ccccc2C(=O)O)cc1. The van der Waals surface area contributed by atoms with E-state index in [1.807, 2.05) is 74.0 Å². The first-order chi connectivity index (χ1) is 17.3. The first-order valence-electron chi connectivity index (χ1n) is 11.6. The molecule has 1 amide bonds. The predicted octanol–water partition coefficient (Wildman–Crippen LogP) is 6.14. The molecule has 0 unspecified atom stereocenters. The fourth-order valence-corrected chi connectivity index (χ4v) is 5.64. The number of carboxylic acid groups (broad SMARTS) is 1. The number of nitrogens with zero attached hydrogens (tertiary/aromatic N) is 2. The van der Waals surface area contributed by atoms with Crippen LogP contribution in [0, 0.1) is 13.8 Å². The van der Waals surface area contributed by atoms with Gasteiger partial charge in [-0.25, -0.2) is 9.48 Å². The number of fused-ring (bicyclic) bond motifs is 1. The molecule has 8 heteroatoms. The lowest BCUT2D eigenvalue weighted by atomic mass is 10.0. The van der Waals surface area contributed by atoms with E-state index in [1.54, 1.807) is 30.0 Å². The van der Waals surface area contributed by atoms with Crippen molar-refractivity contribution in [3.05, 3.63) is 101 Å². The second-order valence-corrected chi connectivity index (χ2v) is 10.1. The van der Waals surface area contributed by atoms with Crippen LogP contribution in [0.4, 0.5) is 5.82 Å². The van der Waals surface area contributed by atoms with E-state index in [1.165, 1.54) is 6.07 Å². The van der Waals surface area contributed by atoms with Crippen LogP contribution in [0.15, 0.2) is 72.8 Å². The van der Waals surface area contributed by atoms with E-state index < -0.39 is 5.97 Å². The molecule has 4 aromatic rings. The summed E-state index contributed by atoms with van der Waals surface area (Å²) in [6.45, 7) is 5.89. The Balaban J connectivity index is 1.53. The lowest BCUT2D eigenvalue weighted by Crippen LogP contribution is -2.22. The van der Waals surface area contributed by atoms with Crippen LogP contribution >= 0.6 is 11.8 Å². The minimum absolute atomic E-state index is 0.0660. The zero-order chi connectivity index (χ0) is 25.4. The summed E-state index contributed by atoms with van der Waals surface area (Å²) in [4.78, 5) is 24.4. The molecule has 36 heavy (non-hydrogen) atoms. The summed E-state index contributed by atoms with van der Waals surface area (Å²) in [6, 6.07) is 22.0. The van der Waals surface area contributed by atoms with Crippen molar-refractivity contribution in [3.63, 3.8) is 0 Å². The first-order valence-corrected chi connectivity index (χ1v) is 12.5. The highest BCUT2D eigenvalue weighted by Gasteiger charge is 2.34. The Morgan fingerprint density at radius 3 is 2.44 bits per heavy atom. The van der Waals surface area contributed by atoms with Gasteiger partial charge in [-0.1, -0.05) is 42.5 Å². The Morgan fingerprint density at radius 1 is 1.03 bits per heavy atom. The number of rotatable bonds is 5. The van der Waals surface area contributed by atoms with Gasteiger partial charge in [-0.3, -0.25) is 4.79 Å². The van der Waals surface area contributed by atoms with Crippen LogP contribution in [-0.4, -0.2) is 32.0 Å². The molecule has 0 saturated heterocycles. The van der Waals surface area contributed by atoms with Crippen LogP contribution in [0.3, 0.4) is 0 Å². The minimum atomic E-state index is -1.04. The van der Waals surface area contributed by atoms with E-state index in [2.05, 4.69) is 5.32 Å². The Labute approximate surface area is 213 Å². The smallest absolute Gasteiger partial charge is 0.339 e. The molecule has 3 aromatic carbocycles. The van der Waals surface area contributed by atoms with Crippen molar-refractivity contribution in [1.29, 1.82) is 0 Å². The van der Waals surface area contributed by atoms with Crippen LogP contribution in [0.1, 0.15) is 44.9 Å². The largest absolute Gasteiger partial charge is 0.478 e. The number of benzene rings is 3. The predicted molar refractivity (Wildman–Crippen MR) is 140 cm³/mol. The molecule has 0 radical (unpaired) electrons. The van der Waals surface area contributed by atoms with Crippen molar-refractivity contribution in [2.75, 3.05) is 5.32 Å². The van der Waals surface area contributed by atoms with Crippen molar-refractivity contribution in [3.8, 4) is 17.2 Å². The number of hydrogen-bond acceptors (Lipinski definition) is 5. The van der Waals surface area contributed by atoms with E-state index >= 15 is 0 Å². The molecule has 0 fully saturated rings. The Bertz CT molecular complexity index is 1460. The standard InChI is InChI=1S/C28H25N3O4S/c1-16-8-4-6-10-22(16)31-26-24(17(2)30-31)25(36-18(3)27(32)29-26)19-12-14-20(15-13-19)35-23-11-7-5-9-21(23)28(33)34/h4-15,18,25H,1-3H3,(H,29,32)(H,33,34)/t18-,25+/m0/s1. The average Bonchev–Trinajstić information content (AvgIpc) is 3.11. The average molecular weight is 500 g/mol. The number of carbonyl (C=O) groups is 2. The molecule has 0 bridgehead atoms. The van der Waals surface area contributed by atoms with Crippen LogP contribution in [0.25, 0.3) is 5.69 Å². The second-order valence-electron chi connectivity index (χ2n) is 8.67. The van der Waals surface area contributed by atoms with Gasteiger partial charge in [0, 0.05) is 5.56 Å². The molecule has 7 nitrogen and oxygen atoms in total. The molecule has 0 aliphatic carbocycles. The number of aromatic carboxylic acids is 1. The number of nitrogens with one attached hydrogen (secondary N) is 1. The van der Waals surface area contributed by atoms with Crippen molar-refractivity contribution in [1.82, 2.24) is 9.78 Å². The highest BCUT2D eigenvalue weighted by Crippen LogP contribution is 2.46. The highest BCUT2D eigenvalue weighted by atomic mass is 32.2. The second kappa shape index (κ2) is 9.54. The molecule has 1 aliphatic rings. The van der Waals surface area contributed by atoms with Gasteiger partial charge in [0.15, 0.2) is 0 Å². The van der Waals surface area contributed by atoms with Gasteiger partial charge in [-0.05, 0) is 62.2 Å². The van der Waals surface area contributed by atoms with Gasteiger partial charge in [0.05, 0.1) is 21.9 Å². The monoisotopic (exact) mass is 499 g/mol. The molecule has 5 rings (SSSR count). The number of para-hydroxylation sites is 2. The fourth-order valence-electron chi connectivity index (χ4n) is 4.32. The number of carboxylic acids is 1. The summed E-state index contributed by atoms with van der Waals surface area (Å²) >= 11 is 1.57. The van der Waals surface area contributed by atoms with Crippen LogP contribution in [0.2, 0.25) is 0 Å². The number of thioether (sulfide) groups is 1. The highest BCUT2D eigenvalue weighted by molar-refractivity contribution is 8.01. The van der Waals surface area contributed by atoms with E-state index in [0.29, 0.717) is 11.6 Å². The van der Waals surface area contributed by atoms with Gasteiger partial charge in [0.2, 0.25) is 5.91 Å². The minimum Gasteiger partial charge on any atom is -0.478 e. The number of ether oxygens (including phenoxy) is 1. The molecular weight excluding hydrogens is 474 g/mol. The molecule has 182 valence electrons. The normalized spacial score (nSPS) is 17.1. The third-order valence-electron chi connectivity index (χ3n) is 6.19. The summed E-state index contributed by atoms with van der Waals surface area (Å²) in [5, 5.41) is 16.9. The van der Waals surface area contributed by atoms with Crippen molar-refractivity contribution in [2.45, 2.75) is 31.3 Å². The Kier molecular flexibility index (Phi) is 6.28. The maximum absolute atomic E-state index is 12.9. The zero-order valence-electron chi connectivity index (χ0n) is 20.1. The number of carbonyl (C=O) groups excluding carboxylic acids is 1. The Morgan fingerprint density at radius 2 is 1.72 bits per heavy atom. The summed E-state index contributed by atoms with van der Waals surface area (Å²) in [5.74, 6) is 0.383. The van der Waals surface area contributed by atoms with Gasteiger partial charge in [0.25, 0.3) is 0 Å². The van der Waals surface area contributed by atoms with Gasteiger partial charge in [0.1, 0.15) is 22.9 Å².